The number of esters is 1. The van der Waals surface area contributed by atoms with E-state index < -0.39 is 17.7 Å². The zero-order valence-corrected chi connectivity index (χ0v) is 10.1. The molecule has 0 amide bonds. The molecule has 6 heteroatoms. The van der Waals surface area contributed by atoms with Crippen LogP contribution in [0, 0.1) is 0 Å². The number of ether oxygens (including phenoxy) is 1. The Morgan fingerprint density at radius 3 is 2.53 bits per heavy atom. The number of rotatable bonds is 3. The van der Waals surface area contributed by atoms with Crippen molar-refractivity contribution in [2.45, 2.75) is 18.0 Å². The van der Waals surface area contributed by atoms with Gasteiger partial charge >= 0.3 is 12.1 Å². The van der Waals surface area contributed by atoms with E-state index in [-0.39, 0.29) is 10.5 Å². The molecule has 0 fully saturated rings. The molecule has 0 spiro atoms. The van der Waals surface area contributed by atoms with Gasteiger partial charge in [-0.2, -0.15) is 13.2 Å². The summed E-state index contributed by atoms with van der Waals surface area (Å²) < 4.78 is 42.4. The van der Waals surface area contributed by atoms with Crippen molar-refractivity contribution >= 4 is 17.7 Å². The van der Waals surface area contributed by atoms with Gasteiger partial charge in [0.1, 0.15) is 0 Å². The van der Waals surface area contributed by atoms with Crippen molar-refractivity contribution in [3.8, 4) is 0 Å². The van der Waals surface area contributed by atoms with Gasteiger partial charge in [0.05, 0.1) is 18.2 Å². The van der Waals surface area contributed by atoms with Crippen molar-refractivity contribution in [3.05, 3.63) is 29.3 Å². The number of hydrogen-bond acceptors (Lipinski definition) is 3. The molecule has 0 N–H and O–H groups in total. The van der Waals surface area contributed by atoms with Crippen molar-refractivity contribution in [3.63, 3.8) is 0 Å². The predicted molar refractivity (Wildman–Crippen MR) is 59.2 cm³/mol. The number of methoxy groups -OCH3 is 1. The molecule has 2 nitrogen and oxygen atoms in total. The van der Waals surface area contributed by atoms with Gasteiger partial charge in [-0.25, -0.2) is 4.79 Å². The monoisotopic (exact) mass is 264 g/mol. The summed E-state index contributed by atoms with van der Waals surface area (Å²) in [6.07, 6.45) is -4.41. The molecule has 0 bridgehead atoms. The first-order valence-corrected chi connectivity index (χ1v) is 5.81. The molecule has 0 heterocycles. The predicted octanol–water partition coefficient (Wildman–Crippen LogP) is 3.60. The number of halogens is 3. The van der Waals surface area contributed by atoms with Crippen LogP contribution >= 0.6 is 11.8 Å². The minimum Gasteiger partial charge on any atom is -0.465 e. The first kappa shape index (κ1) is 13.9. The number of carbonyl (C=O) groups excluding carboxylic acids is 1. The van der Waals surface area contributed by atoms with Crippen molar-refractivity contribution in [2.24, 2.45) is 0 Å². The molecule has 1 aromatic rings. The summed E-state index contributed by atoms with van der Waals surface area (Å²) in [5, 5.41) is 0. The van der Waals surface area contributed by atoms with E-state index in [0.717, 1.165) is 23.9 Å². The average molecular weight is 264 g/mol. The molecule has 0 aliphatic carbocycles. The Kier molecular flexibility index (Phi) is 4.45. The molecule has 0 unspecified atom stereocenters. The molecule has 17 heavy (non-hydrogen) atoms. The zero-order valence-electron chi connectivity index (χ0n) is 9.30. The van der Waals surface area contributed by atoms with Gasteiger partial charge in [0.25, 0.3) is 0 Å². The van der Waals surface area contributed by atoms with E-state index in [9.17, 15) is 18.0 Å². The Hall–Kier alpha value is -1.17. The lowest BCUT2D eigenvalue weighted by Gasteiger charge is -2.12. The molecule has 94 valence electrons. The molecule has 0 saturated heterocycles. The molecule has 0 aromatic heterocycles. The number of benzene rings is 1. The number of carbonyl (C=O) groups is 1. The van der Waals surface area contributed by atoms with Gasteiger partial charge in [0.2, 0.25) is 0 Å². The van der Waals surface area contributed by atoms with E-state index in [1.165, 1.54) is 13.2 Å². The normalized spacial score (nSPS) is 11.4. The quantitative estimate of drug-likeness (QED) is 0.616. The van der Waals surface area contributed by atoms with Crippen LogP contribution in [0.2, 0.25) is 0 Å². The van der Waals surface area contributed by atoms with Gasteiger partial charge in [-0.1, -0.05) is 6.92 Å². The van der Waals surface area contributed by atoms with Gasteiger partial charge in [-0.15, -0.1) is 11.8 Å². The third-order valence-corrected chi connectivity index (χ3v) is 2.95. The fourth-order valence-corrected chi connectivity index (χ4v) is 2.14. The SMILES string of the molecule is CCSc1cc(C(=O)OC)ccc1C(F)(F)F. The number of thioether (sulfide) groups is 1. The highest BCUT2D eigenvalue weighted by atomic mass is 32.2. The van der Waals surface area contributed by atoms with Crippen LogP contribution in [0.15, 0.2) is 23.1 Å². The largest absolute Gasteiger partial charge is 0.465 e. The van der Waals surface area contributed by atoms with Crippen LogP contribution in [0.5, 0.6) is 0 Å². The summed E-state index contributed by atoms with van der Waals surface area (Å²) in [5.74, 6) is -0.148. The highest BCUT2D eigenvalue weighted by Crippen LogP contribution is 2.37. The van der Waals surface area contributed by atoms with Gasteiger partial charge in [0.15, 0.2) is 0 Å². The van der Waals surface area contributed by atoms with Gasteiger partial charge < -0.3 is 4.74 Å². The number of alkyl halides is 3. The van der Waals surface area contributed by atoms with Crippen LogP contribution < -0.4 is 0 Å². The van der Waals surface area contributed by atoms with Crippen LogP contribution in [0.25, 0.3) is 0 Å². The first-order chi connectivity index (χ1) is 7.90. The van der Waals surface area contributed by atoms with Crippen molar-refractivity contribution in [1.29, 1.82) is 0 Å². The highest BCUT2D eigenvalue weighted by Gasteiger charge is 2.33. The topological polar surface area (TPSA) is 26.3 Å². The zero-order chi connectivity index (χ0) is 13.1. The second-order valence-corrected chi connectivity index (χ2v) is 4.44. The first-order valence-electron chi connectivity index (χ1n) is 4.82. The van der Waals surface area contributed by atoms with Gasteiger partial charge in [-0.05, 0) is 24.0 Å². The van der Waals surface area contributed by atoms with Gasteiger partial charge in [-0.3, -0.25) is 0 Å². The van der Waals surface area contributed by atoms with Crippen molar-refractivity contribution in [2.75, 3.05) is 12.9 Å². The average Bonchev–Trinajstić information content (AvgIpc) is 2.27. The maximum Gasteiger partial charge on any atom is 0.417 e. The van der Waals surface area contributed by atoms with Crippen LogP contribution in [-0.4, -0.2) is 18.8 Å². The Balaban J connectivity index is 3.22. The number of hydrogen-bond donors (Lipinski definition) is 0. The molecule has 0 atom stereocenters. The molecule has 0 aliphatic heterocycles. The van der Waals surface area contributed by atoms with Crippen molar-refractivity contribution in [1.82, 2.24) is 0 Å². The maximum absolute atomic E-state index is 12.7. The summed E-state index contributed by atoms with van der Waals surface area (Å²) in [7, 11) is 1.19. The lowest BCUT2D eigenvalue weighted by Crippen LogP contribution is -2.09. The Bertz CT molecular complexity index is 416. The summed E-state index contributed by atoms with van der Waals surface area (Å²) in [6, 6.07) is 3.24. The molecule has 0 aliphatic rings. The Morgan fingerprint density at radius 1 is 1.41 bits per heavy atom. The van der Waals surface area contributed by atoms with Crippen LogP contribution in [0.4, 0.5) is 13.2 Å². The molecule has 1 rings (SSSR count). The van der Waals surface area contributed by atoms with E-state index in [0.29, 0.717) is 5.75 Å². The van der Waals surface area contributed by atoms with E-state index >= 15 is 0 Å². The standard InChI is InChI=1S/C11H11F3O2S/c1-3-17-9-6-7(10(15)16-2)4-5-8(9)11(12,13)14/h4-6H,3H2,1-2H3. The van der Waals surface area contributed by atoms with E-state index in [4.69, 9.17) is 0 Å². The third kappa shape index (κ3) is 3.39. The summed E-state index contributed by atoms with van der Waals surface area (Å²) in [6.45, 7) is 1.75. The van der Waals surface area contributed by atoms with Gasteiger partial charge in [0, 0.05) is 4.90 Å². The van der Waals surface area contributed by atoms with E-state index in [2.05, 4.69) is 4.74 Å². The third-order valence-electron chi connectivity index (χ3n) is 2.01. The minimum absolute atomic E-state index is 0.0444. The maximum atomic E-state index is 12.7. The molecule has 0 saturated carbocycles. The van der Waals surface area contributed by atoms with E-state index in [1.54, 1.807) is 6.92 Å². The molecular weight excluding hydrogens is 253 g/mol. The minimum atomic E-state index is -4.41. The lowest BCUT2D eigenvalue weighted by molar-refractivity contribution is -0.139. The molecule has 0 radical (unpaired) electrons. The molecular formula is C11H11F3O2S. The highest BCUT2D eigenvalue weighted by molar-refractivity contribution is 7.99. The second-order valence-electron chi connectivity index (χ2n) is 3.13. The van der Waals surface area contributed by atoms with Crippen molar-refractivity contribution < 1.29 is 22.7 Å². The van der Waals surface area contributed by atoms with E-state index in [1.807, 2.05) is 0 Å². The fraction of sp³-hybridized carbons (Fsp3) is 0.364. The fourth-order valence-electron chi connectivity index (χ4n) is 1.28. The Morgan fingerprint density at radius 2 is 2.06 bits per heavy atom. The molecule has 1 aromatic carbocycles. The van der Waals surface area contributed by atoms with Crippen LogP contribution in [0.3, 0.4) is 0 Å². The summed E-state index contributed by atoms with van der Waals surface area (Å²) in [5.41, 5.74) is -0.603. The summed E-state index contributed by atoms with van der Waals surface area (Å²) in [4.78, 5) is 11.3. The van der Waals surface area contributed by atoms with Crippen LogP contribution in [-0.2, 0) is 10.9 Å². The lowest BCUT2D eigenvalue weighted by atomic mass is 10.1. The second kappa shape index (κ2) is 5.44. The van der Waals surface area contributed by atoms with Crippen LogP contribution in [0.1, 0.15) is 22.8 Å². The Labute approximate surface area is 101 Å². The smallest absolute Gasteiger partial charge is 0.417 e. The summed E-state index contributed by atoms with van der Waals surface area (Å²) >= 11 is 1.04.